The second-order valence-electron chi connectivity index (χ2n) is 3.23. The molecule has 0 radical (unpaired) electrons. The zero-order valence-electron chi connectivity index (χ0n) is 8.79. The maximum absolute atomic E-state index is 8.53. The van der Waals surface area contributed by atoms with Crippen LogP contribution in [-0.4, -0.2) is 31.4 Å². The highest BCUT2D eigenvalue weighted by molar-refractivity contribution is 6.31. The number of rotatable bonds is 6. The number of aliphatic hydroxyl groups is 1. The first-order valence-corrected chi connectivity index (χ1v) is 5.32. The minimum atomic E-state index is 0.153. The van der Waals surface area contributed by atoms with Gasteiger partial charge < -0.3 is 15.2 Å². The number of aliphatic hydroxyl groups excluding tert-OH is 1. The first kappa shape index (κ1) is 12.3. The molecule has 0 saturated heterocycles. The van der Waals surface area contributed by atoms with E-state index in [-0.39, 0.29) is 6.61 Å². The normalized spacial score (nSPS) is 10.3. The maximum atomic E-state index is 8.53. The molecule has 0 spiro atoms. The molecule has 0 aliphatic heterocycles. The van der Waals surface area contributed by atoms with Crippen molar-refractivity contribution in [2.45, 2.75) is 6.92 Å². The van der Waals surface area contributed by atoms with E-state index in [2.05, 4.69) is 5.32 Å². The van der Waals surface area contributed by atoms with E-state index < -0.39 is 0 Å². The standard InChI is InChI=1S/C11H16ClNO2/c1-9-8-10(2-3-11(9)12)15-7-5-13-4-6-14/h2-3,8,13-14H,4-7H2,1H3. The average molecular weight is 230 g/mol. The van der Waals surface area contributed by atoms with Crippen molar-refractivity contribution >= 4 is 11.6 Å². The molecule has 0 aliphatic carbocycles. The quantitative estimate of drug-likeness (QED) is 0.729. The highest BCUT2D eigenvalue weighted by atomic mass is 35.5. The van der Waals surface area contributed by atoms with Crippen molar-refractivity contribution in [3.05, 3.63) is 28.8 Å². The lowest BCUT2D eigenvalue weighted by Gasteiger charge is -2.08. The Morgan fingerprint density at radius 2 is 2.20 bits per heavy atom. The molecule has 84 valence electrons. The van der Waals surface area contributed by atoms with Crippen molar-refractivity contribution in [1.29, 1.82) is 0 Å². The van der Waals surface area contributed by atoms with Crippen LogP contribution >= 0.6 is 11.6 Å². The van der Waals surface area contributed by atoms with Gasteiger partial charge in [0.1, 0.15) is 12.4 Å². The van der Waals surface area contributed by atoms with Gasteiger partial charge in [0.25, 0.3) is 0 Å². The van der Waals surface area contributed by atoms with Crippen LogP contribution in [0.3, 0.4) is 0 Å². The van der Waals surface area contributed by atoms with Gasteiger partial charge in [-0.1, -0.05) is 11.6 Å². The first-order valence-electron chi connectivity index (χ1n) is 4.94. The topological polar surface area (TPSA) is 41.5 Å². The summed E-state index contributed by atoms with van der Waals surface area (Å²) in [6.45, 7) is 4.01. The van der Waals surface area contributed by atoms with E-state index in [0.717, 1.165) is 22.9 Å². The van der Waals surface area contributed by atoms with Crippen LogP contribution in [-0.2, 0) is 0 Å². The largest absolute Gasteiger partial charge is 0.492 e. The Balaban J connectivity index is 2.28. The molecule has 15 heavy (non-hydrogen) atoms. The third-order valence-electron chi connectivity index (χ3n) is 1.97. The second kappa shape index (κ2) is 6.67. The fraction of sp³-hybridized carbons (Fsp3) is 0.455. The lowest BCUT2D eigenvalue weighted by atomic mass is 10.2. The first-order chi connectivity index (χ1) is 7.24. The molecule has 0 atom stereocenters. The Kier molecular flexibility index (Phi) is 5.47. The molecule has 0 saturated carbocycles. The Morgan fingerprint density at radius 1 is 1.40 bits per heavy atom. The van der Waals surface area contributed by atoms with Gasteiger partial charge in [0.05, 0.1) is 6.61 Å². The van der Waals surface area contributed by atoms with E-state index >= 15 is 0 Å². The molecule has 0 aliphatic rings. The Morgan fingerprint density at radius 3 is 2.87 bits per heavy atom. The molecule has 0 heterocycles. The monoisotopic (exact) mass is 229 g/mol. The van der Waals surface area contributed by atoms with Crippen LogP contribution in [0.4, 0.5) is 0 Å². The highest BCUT2D eigenvalue weighted by Gasteiger charge is 1.97. The van der Waals surface area contributed by atoms with Crippen LogP contribution in [0.1, 0.15) is 5.56 Å². The smallest absolute Gasteiger partial charge is 0.119 e. The van der Waals surface area contributed by atoms with Gasteiger partial charge in [0.2, 0.25) is 0 Å². The molecule has 1 rings (SSSR count). The molecule has 3 nitrogen and oxygen atoms in total. The van der Waals surface area contributed by atoms with Crippen LogP contribution in [0, 0.1) is 6.92 Å². The molecule has 0 fully saturated rings. The summed E-state index contributed by atoms with van der Waals surface area (Å²) in [5.74, 6) is 0.822. The SMILES string of the molecule is Cc1cc(OCCNCCO)ccc1Cl. The van der Waals surface area contributed by atoms with Gasteiger partial charge in [-0.2, -0.15) is 0 Å². The van der Waals surface area contributed by atoms with Gasteiger partial charge >= 0.3 is 0 Å². The van der Waals surface area contributed by atoms with E-state index in [1.54, 1.807) is 0 Å². The summed E-state index contributed by atoms with van der Waals surface area (Å²) < 4.78 is 5.49. The van der Waals surface area contributed by atoms with Crippen molar-refractivity contribution in [1.82, 2.24) is 5.32 Å². The minimum Gasteiger partial charge on any atom is -0.492 e. The number of hydrogen-bond donors (Lipinski definition) is 2. The Labute approximate surface area is 95.0 Å². The third kappa shape index (κ3) is 4.51. The molecular weight excluding hydrogens is 214 g/mol. The minimum absolute atomic E-state index is 0.153. The fourth-order valence-electron chi connectivity index (χ4n) is 1.15. The molecule has 0 bridgehead atoms. The summed E-state index contributed by atoms with van der Waals surface area (Å²) in [6.07, 6.45) is 0. The van der Waals surface area contributed by atoms with Crippen LogP contribution in [0.2, 0.25) is 5.02 Å². The molecular formula is C11H16ClNO2. The summed E-state index contributed by atoms with van der Waals surface area (Å²) >= 11 is 5.89. The molecule has 0 amide bonds. The van der Waals surface area contributed by atoms with Crippen LogP contribution in [0.5, 0.6) is 5.75 Å². The van der Waals surface area contributed by atoms with Gasteiger partial charge in [-0.3, -0.25) is 0 Å². The highest BCUT2D eigenvalue weighted by Crippen LogP contribution is 2.20. The number of halogens is 1. The molecule has 4 heteroatoms. The van der Waals surface area contributed by atoms with Gasteiger partial charge in [0, 0.05) is 18.1 Å². The Hall–Kier alpha value is -0.770. The zero-order chi connectivity index (χ0) is 11.1. The summed E-state index contributed by atoms with van der Waals surface area (Å²) in [5.41, 5.74) is 1.01. The molecule has 0 aromatic heterocycles. The Bertz CT molecular complexity index is 305. The van der Waals surface area contributed by atoms with Crippen LogP contribution in [0.25, 0.3) is 0 Å². The van der Waals surface area contributed by atoms with Gasteiger partial charge in [-0.05, 0) is 30.7 Å². The predicted octanol–water partition coefficient (Wildman–Crippen LogP) is 1.61. The van der Waals surface area contributed by atoms with Gasteiger partial charge in [-0.25, -0.2) is 0 Å². The number of benzene rings is 1. The number of aryl methyl sites for hydroxylation is 1. The lowest BCUT2D eigenvalue weighted by molar-refractivity contribution is 0.276. The molecule has 2 N–H and O–H groups in total. The van der Waals surface area contributed by atoms with Gasteiger partial charge in [-0.15, -0.1) is 0 Å². The van der Waals surface area contributed by atoms with Crippen LogP contribution in [0.15, 0.2) is 18.2 Å². The molecule has 0 unspecified atom stereocenters. The van der Waals surface area contributed by atoms with E-state index in [1.165, 1.54) is 0 Å². The lowest BCUT2D eigenvalue weighted by Crippen LogP contribution is -2.23. The maximum Gasteiger partial charge on any atom is 0.119 e. The van der Waals surface area contributed by atoms with E-state index in [1.807, 2.05) is 25.1 Å². The van der Waals surface area contributed by atoms with Crippen molar-refractivity contribution < 1.29 is 9.84 Å². The number of ether oxygens (including phenoxy) is 1. The summed E-state index contributed by atoms with van der Waals surface area (Å²) in [6, 6.07) is 5.59. The third-order valence-corrected chi connectivity index (χ3v) is 2.39. The molecule has 1 aromatic rings. The summed E-state index contributed by atoms with van der Waals surface area (Å²) in [4.78, 5) is 0. The summed E-state index contributed by atoms with van der Waals surface area (Å²) in [5, 5.41) is 12.3. The van der Waals surface area contributed by atoms with Crippen molar-refractivity contribution in [2.75, 3.05) is 26.3 Å². The van der Waals surface area contributed by atoms with E-state index in [0.29, 0.717) is 13.2 Å². The van der Waals surface area contributed by atoms with Crippen molar-refractivity contribution in [3.63, 3.8) is 0 Å². The van der Waals surface area contributed by atoms with Crippen LogP contribution < -0.4 is 10.1 Å². The average Bonchev–Trinajstić information content (AvgIpc) is 2.23. The van der Waals surface area contributed by atoms with Crippen molar-refractivity contribution in [3.8, 4) is 5.75 Å². The fourth-order valence-corrected chi connectivity index (χ4v) is 1.27. The van der Waals surface area contributed by atoms with Crippen molar-refractivity contribution in [2.24, 2.45) is 0 Å². The van der Waals surface area contributed by atoms with Gasteiger partial charge in [0.15, 0.2) is 0 Å². The number of hydrogen-bond acceptors (Lipinski definition) is 3. The van der Waals surface area contributed by atoms with E-state index in [9.17, 15) is 0 Å². The second-order valence-corrected chi connectivity index (χ2v) is 3.64. The predicted molar refractivity (Wildman–Crippen MR) is 61.6 cm³/mol. The van der Waals surface area contributed by atoms with E-state index in [4.69, 9.17) is 21.4 Å². The summed E-state index contributed by atoms with van der Waals surface area (Å²) in [7, 11) is 0. The zero-order valence-corrected chi connectivity index (χ0v) is 9.55. The number of nitrogens with one attached hydrogen (secondary N) is 1. The molecule has 1 aromatic carbocycles.